The number of hydrogen-bond acceptors (Lipinski definition) is 5. The molecule has 35 heavy (non-hydrogen) atoms. The zero-order valence-corrected chi connectivity index (χ0v) is 20.4. The van der Waals surface area contributed by atoms with E-state index in [4.69, 9.17) is 27.9 Å². The summed E-state index contributed by atoms with van der Waals surface area (Å²) in [5.41, 5.74) is -0.783. The number of halogens is 4. The van der Waals surface area contributed by atoms with Gasteiger partial charge in [0.25, 0.3) is 5.91 Å². The molecule has 12 heteroatoms. The first-order valence-corrected chi connectivity index (χ1v) is 11.6. The van der Waals surface area contributed by atoms with Crippen LogP contribution in [-0.4, -0.2) is 70.6 Å². The molecule has 8 nitrogen and oxygen atoms in total. The van der Waals surface area contributed by atoms with Crippen LogP contribution in [0.3, 0.4) is 0 Å². The lowest BCUT2D eigenvalue weighted by atomic mass is 9.82. The first-order valence-electron chi connectivity index (χ1n) is 10.8. The first kappa shape index (κ1) is 25.1. The fourth-order valence-electron chi connectivity index (χ4n) is 4.41. The van der Waals surface area contributed by atoms with Crippen molar-refractivity contribution in [3.05, 3.63) is 58.0 Å². The van der Waals surface area contributed by atoms with Crippen molar-refractivity contribution in [2.45, 2.75) is 31.6 Å². The molecule has 1 aromatic carbocycles. The number of nitrogens with zero attached hydrogens (tertiary/aromatic N) is 4. The second-order valence-corrected chi connectivity index (χ2v) is 9.46. The molecule has 2 aliphatic heterocycles. The molecule has 1 spiro atoms. The molecule has 0 bridgehead atoms. The Bertz CT molecular complexity index is 1160. The van der Waals surface area contributed by atoms with Gasteiger partial charge in [0, 0.05) is 11.2 Å². The largest absolute Gasteiger partial charge is 0.446 e. The first-order chi connectivity index (χ1) is 16.5. The highest BCUT2D eigenvalue weighted by Gasteiger charge is 2.62. The number of pyridine rings is 1. The van der Waals surface area contributed by atoms with Crippen molar-refractivity contribution in [3.8, 4) is 0 Å². The van der Waals surface area contributed by atoms with E-state index in [0.717, 1.165) is 11.0 Å². The number of carbonyl (C=O) groups excluding carboxylic acids is 3. The number of hydrogen-bond donors (Lipinski definition) is 0. The summed E-state index contributed by atoms with van der Waals surface area (Å²) in [6.45, 7) is 1.69. The number of carbonyl (C=O) groups is 3. The molecule has 2 fully saturated rings. The molecule has 0 saturated carbocycles. The second kappa shape index (κ2) is 9.58. The number of benzene rings is 1. The van der Waals surface area contributed by atoms with E-state index in [1.165, 1.54) is 22.9 Å². The third kappa shape index (κ3) is 4.64. The molecule has 2 aromatic rings. The smallest absolute Gasteiger partial charge is 0.410 e. The Morgan fingerprint density at radius 3 is 2.43 bits per heavy atom. The highest BCUT2D eigenvalue weighted by atomic mass is 35.5. The maximum absolute atomic E-state index is 14.7. The average molecular weight is 527 g/mol. The Hall–Kier alpha value is -2.98. The standard InChI is InChI=1S/C23H22Cl2F2N4O4/c1-13(26)10-35-22(34)29-11-23(12-29)21(33)30(20-18(27)7-17(25)8-28-20)9-19(32)31(23)14(2)15-3-5-16(24)6-4-15/h3-8,13-14H,9-12H2,1-2H3/t13?,14-/m0/s1. The Morgan fingerprint density at radius 2 is 1.83 bits per heavy atom. The minimum absolute atomic E-state index is 0.0365. The van der Waals surface area contributed by atoms with E-state index in [1.807, 2.05) is 0 Å². The van der Waals surface area contributed by atoms with E-state index in [0.29, 0.717) is 10.6 Å². The van der Waals surface area contributed by atoms with Crippen molar-refractivity contribution in [1.82, 2.24) is 14.8 Å². The van der Waals surface area contributed by atoms with Gasteiger partial charge in [0.1, 0.15) is 19.3 Å². The van der Waals surface area contributed by atoms with Gasteiger partial charge in [-0.2, -0.15) is 0 Å². The number of likely N-dealkylation sites (tertiary alicyclic amines) is 1. The van der Waals surface area contributed by atoms with Gasteiger partial charge in [-0.05, 0) is 37.6 Å². The van der Waals surface area contributed by atoms with E-state index in [2.05, 4.69) is 4.98 Å². The lowest BCUT2D eigenvalue weighted by molar-refractivity contribution is -0.166. The van der Waals surface area contributed by atoms with Gasteiger partial charge in [0.15, 0.2) is 17.2 Å². The SMILES string of the molecule is CC(F)COC(=O)N1CC2(C1)C(=O)N(c1ncc(Cl)cc1F)CC(=O)N2[C@@H](C)c1ccc(Cl)cc1. The van der Waals surface area contributed by atoms with Crippen LogP contribution in [0, 0.1) is 5.82 Å². The number of amides is 3. The van der Waals surface area contributed by atoms with Crippen LogP contribution < -0.4 is 4.90 Å². The van der Waals surface area contributed by atoms with Crippen LogP contribution in [0.2, 0.25) is 10.0 Å². The molecule has 1 unspecified atom stereocenters. The molecular weight excluding hydrogens is 505 g/mol. The van der Waals surface area contributed by atoms with Crippen molar-refractivity contribution in [1.29, 1.82) is 0 Å². The Morgan fingerprint density at radius 1 is 1.17 bits per heavy atom. The van der Waals surface area contributed by atoms with Gasteiger partial charge < -0.3 is 14.5 Å². The van der Waals surface area contributed by atoms with E-state index in [9.17, 15) is 23.2 Å². The summed E-state index contributed by atoms with van der Waals surface area (Å²) >= 11 is 11.8. The molecule has 0 N–H and O–H groups in total. The highest BCUT2D eigenvalue weighted by molar-refractivity contribution is 6.30. The Kier molecular flexibility index (Phi) is 6.88. The summed E-state index contributed by atoms with van der Waals surface area (Å²) in [6.07, 6.45) is -0.995. The average Bonchev–Trinajstić information content (AvgIpc) is 2.77. The minimum Gasteiger partial charge on any atom is -0.446 e. The molecule has 0 aliphatic carbocycles. The van der Waals surface area contributed by atoms with Crippen LogP contribution in [0.15, 0.2) is 36.5 Å². The number of anilines is 1. The lowest BCUT2D eigenvalue weighted by Crippen LogP contribution is -2.81. The number of aromatic nitrogens is 1. The number of piperazine rings is 1. The molecule has 186 valence electrons. The maximum Gasteiger partial charge on any atom is 0.410 e. The van der Waals surface area contributed by atoms with E-state index in [-0.39, 0.29) is 23.9 Å². The third-order valence-corrected chi connectivity index (χ3v) is 6.51. The van der Waals surface area contributed by atoms with Gasteiger partial charge in [0.2, 0.25) is 5.91 Å². The van der Waals surface area contributed by atoms with Gasteiger partial charge >= 0.3 is 6.09 Å². The van der Waals surface area contributed by atoms with E-state index < -0.39 is 54.6 Å². The number of alkyl halides is 1. The zero-order valence-electron chi connectivity index (χ0n) is 18.9. The van der Waals surface area contributed by atoms with Crippen LogP contribution in [0.4, 0.5) is 19.4 Å². The van der Waals surface area contributed by atoms with Gasteiger partial charge in [-0.1, -0.05) is 35.3 Å². The van der Waals surface area contributed by atoms with E-state index in [1.54, 1.807) is 31.2 Å². The van der Waals surface area contributed by atoms with Crippen LogP contribution in [0.25, 0.3) is 0 Å². The van der Waals surface area contributed by atoms with Gasteiger partial charge in [0.05, 0.1) is 24.2 Å². The van der Waals surface area contributed by atoms with Gasteiger partial charge in [-0.15, -0.1) is 0 Å². The molecule has 3 amide bonds. The molecular formula is C23H22Cl2F2N4O4. The summed E-state index contributed by atoms with van der Waals surface area (Å²) in [6, 6.07) is 7.23. The second-order valence-electron chi connectivity index (χ2n) is 8.59. The molecule has 4 rings (SSSR count). The van der Waals surface area contributed by atoms with Crippen molar-refractivity contribution >= 4 is 46.9 Å². The molecule has 1 aromatic heterocycles. The Balaban J connectivity index is 1.68. The minimum atomic E-state index is -1.50. The fraction of sp³-hybridized carbons (Fsp3) is 0.391. The highest BCUT2D eigenvalue weighted by Crippen LogP contribution is 2.41. The van der Waals surface area contributed by atoms with Crippen LogP contribution in [0.5, 0.6) is 0 Å². The maximum atomic E-state index is 14.7. The van der Waals surface area contributed by atoms with Gasteiger partial charge in [-0.3, -0.25) is 14.5 Å². The van der Waals surface area contributed by atoms with Crippen molar-refractivity contribution in [2.75, 3.05) is 31.1 Å². The molecule has 2 atom stereocenters. The molecule has 3 heterocycles. The quantitative estimate of drug-likeness (QED) is 0.587. The predicted molar refractivity (Wildman–Crippen MR) is 124 cm³/mol. The van der Waals surface area contributed by atoms with Crippen molar-refractivity contribution in [2.24, 2.45) is 0 Å². The van der Waals surface area contributed by atoms with Crippen LogP contribution in [-0.2, 0) is 14.3 Å². The zero-order chi connectivity index (χ0) is 25.5. The van der Waals surface area contributed by atoms with Gasteiger partial charge in [-0.25, -0.2) is 18.6 Å². The third-order valence-electron chi connectivity index (χ3n) is 6.05. The summed E-state index contributed by atoms with van der Waals surface area (Å²) in [4.78, 5) is 47.1. The monoisotopic (exact) mass is 526 g/mol. The van der Waals surface area contributed by atoms with Crippen LogP contribution in [0.1, 0.15) is 25.5 Å². The topological polar surface area (TPSA) is 83.0 Å². The molecule has 2 saturated heterocycles. The summed E-state index contributed by atoms with van der Waals surface area (Å²) in [7, 11) is 0. The fourth-order valence-corrected chi connectivity index (χ4v) is 4.68. The van der Waals surface area contributed by atoms with Crippen molar-refractivity contribution in [3.63, 3.8) is 0 Å². The molecule has 0 radical (unpaired) electrons. The molecule has 2 aliphatic rings. The normalized spacial score (nSPS) is 19.0. The Labute approximate surface area is 210 Å². The number of rotatable bonds is 5. The predicted octanol–water partition coefficient (Wildman–Crippen LogP) is 4.01. The van der Waals surface area contributed by atoms with Crippen molar-refractivity contribution < 1.29 is 27.9 Å². The number of ether oxygens (including phenoxy) is 1. The summed E-state index contributed by atoms with van der Waals surface area (Å²) < 4.78 is 32.7. The summed E-state index contributed by atoms with van der Waals surface area (Å²) in [5.74, 6) is -2.26. The van der Waals surface area contributed by atoms with Crippen LogP contribution >= 0.6 is 23.2 Å². The lowest BCUT2D eigenvalue weighted by Gasteiger charge is -2.58. The van der Waals surface area contributed by atoms with E-state index >= 15 is 0 Å². The summed E-state index contributed by atoms with van der Waals surface area (Å²) in [5, 5.41) is 0.543.